The molecule has 7 nitrogen and oxygen atoms in total. The highest BCUT2D eigenvalue weighted by molar-refractivity contribution is 14.1. The van der Waals surface area contributed by atoms with Gasteiger partial charge >= 0.3 is 0 Å². The molecule has 4 rings (SSSR count). The van der Waals surface area contributed by atoms with Crippen LogP contribution in [-0.4, -0.2) is 75.6 Å². The summed E-state index contributed by atoms with van der Waals surface area (Å²) in [6.07, 6.45) is 0.580. The van der Waals surface area contributed by atoms with Gasteiger partial charge in [0.15, 0.2) is 34.8 Å². The van der Waals surface area contributed by atoms with E-state index in [1.165, 1.54) is 36.4 Å². The number of benzene rings is 4. The standard InChI is InChI=1S/C24H28F3IO4.C23H26F3IO3/c1-24(2,3)8-9-32-17(12-29)13-31-14-22(30)18-6-7-20(25)23(27)19(18)10-15-4-5-16(28)11-21(15)26;1-23(2,3)8-9-29-10-11-30-14-21(28)17-6-7-19(24)22(26)18(17)12-15-4-5-16(27)13-20(15)25/h4-7,11,17,29H,8-10,12-14H2,1-3H3;4-7,13H,8-12,14H2,1-3H3. The van der Waals surface area contributed by atoms with Crippen LogP contribution < -0.4 is 0 Å². The van der Waals surface area contributed by atoms with Gasteiger partial charge in [0.2, 0.25) is 0 Å². The Morgan fingerprint density at radius 2 is 1.02 bits per heavy atom. The number of hydrogen-bond donors (Lipinski definition) is 1. The van der Waals surface area contributed by atoms with Gasteiger partial charge in [0.05, 0.1) is 26.4 Å². The van der Waals surface area contributed by atoms with Crippen molar-refractivity contribution >= 4 is 56.7 Å². The van der Waals surface area contributed by atoms with E-state index in [-0.39, 0.29) is 83.5 Å². The van der Waals surface area contributed by atoms with E-state index in [4.69, 9.17) is 18.9 Å². The lowest BCUT2D eigenvalue weighted by Gasteiger charge is -2.21. The Morgan fingerprint density at radius 3 is 1.45 bits per heavy atom. The maximum Gasteiger partial charge on any atom is 0.188 e. The highest BCUT2D eigenvalue weighted by Gasteiger charge is 2.23. The number of carbonyl (C=O) groups is 2. The summed E-state index contributed by atoms with van der Waals surface area (Å²) in [6, 6.07) is 13.0. The van der Waals surface area contributed by atoms with Crippen LogP contribution in [0.1, 0.15) is 97.4 Å². The van der Waals surface area contributed by atoms with Crippen LogP contribution in [0.2, 0.25) is 0 Å². The van der Waals surface area contributed by atoms with E-state index in [1.54, 1.807) is 12.1 Å². The normalized spacial score (nSPS) is 12.2. The molecule has 0 saturated carbocycles. The number of hydrogen-bond acceptors (Lipinski definition) is 7. The Balaban J connectivity index is 0.000000331. The fourth-order valence-corrected chi connectivity index (χ4v) is 6.56. The molecular weight excluding hydrogens is 1040 g/mol. The van der Waals surface area contributed by atoms with Gasteiger partial charge in [0.25, 0.3) is 0 Å². The fourth-order valence-electron chi connectivity index (χ4n) is 5.65. The second kappa shape index (κ2) is 25.5. The molecule has 0 saturated heterocycles. The number of ether oxygens (including phenoxy) is 4. The number of halogens is 8. The molecule has 1 N–H and O–H groups in total. The van der Waals surface area contributed by atoms with Gasteiger partial charge < -0.3 is 24.1 Å². The first kappa shape index (κ1) is 53.4. The summed E-state index contributed by atoms with van der Waals surface area (Å²) in [4.78, 5) is 25.2. The SMILES string of the molecule is CC(C)(C)CCOC(CO)COCC(=O)c1ccc(F)c(F)c1Cc1ccc(I)cc1F.CC(C)(C)CCOCCOCC(=O)c1ccc(F)c(F)c1Cc1ccc(I)cc1F. The van der Waals surface area contributed by atoms with E-state index in [2.05, 4.69) is 41.5 Å². The summed E-state index contributed by atoms with van der Waals surface area (Å²) < 4.78 is 108. The van der Waals surface area contributed by atoms with Crippen LogP contribution in [0, 0.1) is 52.9 Å². The van der Waals surface area contributed by atoms with Crippen molar-refractivity contribution in [1.82, 2.24) is 0 Å². The molecule has 0 aromatic heterocycles. The van der Waals surface area contributed by atoms with Gasteiger partial charge in [-0.05, 0) is 129 Å². The molecule has 0 amide bonds. The summed E-state index contributed by atoms with van der Waals surface area (Å²) in [5.41, 5.74) is 0.104. The second-order valence-corrected chi connectivity index (χ2v) is 19.4. The summed E-state index contributed by atoms with van der Waals surface area (Å²) in [7, 11) is 0. The monoisotopic (exact) mass is 1100 g/mol. The maximum atomic E-state index is 14.5. The van der Waals surface area contributed by atoms with Crippen LogP contribution in [0.25, 0.3) is 0 Å². The van der Waals surface area contributed by atoms with Crippen LogP contribution in [0.15, 0.2) is 60.7 Å². The molecule has 62 heavy (non-hydrogen) atoms. The van der Waals surface area contributed by atoms with Crippen molar-refractivity contribution in [1.29, 1.82) is 0 Å². The predicted octanol–water partition coefficient (Wildman–Crippen LogP) is 11.3. The Morgan fingerprint density at radius 1 is 0.581 bits per heavy atom. The van der Waals surface area contributed by atoms with Crippen molar-refractivity contribution in [2.24, 2.45) is 10.8 Å². The van der Waals surface area contributed by atoms with Gasteiger partial charge in [0, 0.05) is 55.4 Å². The molecule has 4 aromatic rings. The molecule has 340 valence electrons. The van der Waals surface area contributed by atoms with E-state index >= 15 is 0 Å². The predicted molar refractivity (Wildman–Crippen MR) is 243 cm³/mol. The Hall–Kier alpha value is -2.94. The first-order valence-corrected chi connectivity index (χ1v) is 22.1. The van der Waals surface area contributed by atoms with E-state index in [1.807, 2.05) is 45.2 Å². The van der Waals surface area contributed by atoms with Crippen LogP contribution in [0.3, 0.4) is 0 Å². The third kappa shape index (κ3) is 18.3. The molecule has 1 unspecified atom stereocenters. The number of rotatable bonds is 21. The molecular formula is C47H54F6I2O7. The number of ketones is 2. The zero-order valence-electron chi connectivity index (χ0n) is 35.8. The molecule has 15 heteroatoms. The van der Waals surface area contributed by atoms with Crippen molar-refractivity contribution < 1.29 is 60.0 Å². The van der Waals surface area contributed by atoms with Crippen molar-refractivity contribution in [3.63, 3.8) is 0 Å². The second-order valence-electron chi connectivity index (χ2n) is 16.9. The smallest absolute Gasteiger partial charge is 0.188 e. The van der Waals surface area contributed by atoms with E-state index in [9.17, 15) is 41.0 Å². The molecule has 1 atom stereocenters. The molecule has 4 aromatic carbocycles. The summed E-state index contributed by atoms with van der Waals surface area (Å²) in [6.45, 7) is 13.1. The molecule has 0 radical (unpaired) electrons. The topological polar surface area (TPSA) is 91.3 Å². The van der Waals surface area contributed by atoms with Crippen LogP contribution in [-0.2, 0) is 31.8 Å². The third-order valence-electron chi connectivity index (χ3n) is 9.31. The van der Waals surface area contributed by atoms with Gasteiger partial charge in [-0.2, -0.15) is 0 Å². The molecule has 0 aliphatic heterocycles. The minimum absolute atomic E-state index is 0.0134. The minimum Gasteiger partial charge on any atom is -0.394 e. The van der Waals surface area contributed by atoms with Gasteiger partial charge in [-0.25, -0.2) is 26.3 Å². The van der Waals surface area contributed by atoms with Gasteiger partial charge in [-0.3, -0.25) is 9.59 Å². The maximum absolute atomic E-state index is 14.5. The number of aliphatic hydroxyl groups is 1. The first-order valence-electron chi connectivity index (χ1n) is 19.9. The lowest BCUT2D eigenvalue weighted by Crippen LogP contribution is -2.27. The zero-order valence-corrected chi connectivity index (χ0v) is 40.1. The molecule has 0 aliphatic rings. The molecule has 0 spiro atoms. The lowest BCUT2D eigenvalue weighted by molar-refractivity contribution is -0.0448. The molecule has 0 bridgehead atoms. The van der Waals surface area contributed by atoms with Crippen molar-refractivity contribution in [2.75, 3.05) is 52.9 Å². The fraction of sp³-hybridized carbons (Fsp3) is 0.447. The van der Waals surface area contributed by atoms with Gasteiger partial charge in [-0.15, -0.1) is 0 Å². The summed E-state index contributed by atoms with van der Waals surface area (Å²) >= 11 is 3.90. The van der Waals surface area contributed by atoms with Crippen LogP contribution >= 0.6 is 45.2 Å². The highest BCUT2D eigenvalue weighted by atomic mass is 127. The van der Waals surface area contributed by atoms with Crippen LogP contribution in [0.4, 0.5) is 26.3 Å². The zero-order chi connectivity index (χ0) is 46.2. The lowest BCUT2D eigenvalue weighted by atomic mass is 9.93. The first-order chi connectivity index (χ1) is 29.1. The minimum atomic E-state index is -1.19. The van der Waals surface area contributed by atoms with Crippen molar-refractivity contribution in [3.8, 4) is 0 Å². The largest absolute Gasteiger partial charge is 0.394 e. The average Bonchev–Trinajstić information content (AvgIpc) is 3.18. The summed E-state index contributed by atoms with van der Waals surface area (Å²) in [5, 5.41) is 9.44. The number of aliphatic hydroxyl groups excluding tert-OH is 1. The van der Waals surface area contributed by atoms with E-state index < -0.39 is 59.2 Å². The Labute approximate surface area is 387 Å². The molecule has 0 fully saturated rings. The van der Waals surface area contributed by atoms with Crippen molar-refractivity contribution in [2.45, 2.75) is 73.3 Å². The van der Waals surface area contributed by atoms with Gasteiger partial charge in [0.1, 0.15) is 31.0 Å². The van der Waals surface area contributed by atoms with Crippen LogP contribution in [0.5, 0.6) is 0 Å². The average molecular weight is 1100 g/mol. The number of Topliss-reactive ketones (excluding diaryl/α,β-unsaturated/α-hetero) is 2. The van der Waals surface area contributed by atoms with Gasteiger partial charge in [-0.1, -0.05) is 53.7 Å². The molecule has 0 heterocycles. The third-order valence-corrected chi connectivity index (χ3v) is 10.6. The van der Waals surface area contributed by atoms with Crippen molar-refractivity contribution in [3.05, 3.63) is 136 Å². The number of carbonyl (C=O) groups excluding carboxylic acids is 2. The highest BCUT2D eigenvalue weighted by Crippen LogP contribution is 2.26. The Kier molecular flexibility index (Phi) is 22.0. The quantitative estimate of drug-likeness (QED) is 0.0385. The van der Waals surface area contributed by atoms with E-state index in [0.717, 1.165) is 25.0 Å². The Bertz CT molecular complexity index is 2100. The summed E-state index contributed by atoms with van der Waals surface area (Å²) in [5.74, 6) is -6.70. The van der Waals surface area contributed by atoms with E-state index in [0.29, 0.717) is 27.0 Å². The molecule has 0 aliphatic carbocycles.